The van der Waals surface area contributed by atoms with Crippen LogP contribution in [0.3, 0.4) is 0 Å². The van der Waals surface area contributed by atoms with Crippen molar-refractivity contribution in [1.82, 2.24) is 4.90 Å². The number of hydrogen-bond acceptors (Lipinski definition) is 5. The maximum Gasteiger partial charge on any atom is 0.326 e. The molecular weight excluding hydrogens is 314 g/mol. The van der Waals surface area contributed by atoms with Crippen molar-refractivity contribution < 1.29 is 14.7 Å². The van der Waals surface area contributed by atoms with Crippen LogP contribution in [0.25, 0.3) is 6.08 Å². The molecular formula is C13H13NO3S3. The van der Waals surface area contributed by atoms with Gasteiger partial charge in [-0.05, 0) is 23.9 Å². The second kappa shape index (κ2) is 6.51. The lowest BCUT2D eigenvalue weighted by atomic mass is 10.1. The van der Waals surface area contributed by atoms with Crippen LogP contribution in [-0.2, 0) is 9.59 Å². The minimum absolute atomic E-state index is 0.311. The third kappa shape index (κ3) is 3.11. The van der Waals surface area contributed by atoms with Gasteiger partial charge in [0.05, 0.1) is 4.91 Å². The predicted molar refractivity (Wildman–Crippen MR) is 85.7 cm³/mol. The zero-order valence-electron chi connectivity index (χ0n) is 10.7. The monoisotopic (exact) mass is 327 g/mol. The molecule has 0 saturated carbocycles. The molecule has 0 aliphatic carbocycles. The van der Waals surface area contributed by atoms with Crippen molar-refractivity contribution in [3.8, 4) is 0 Å². The van der Waals surface area contributed by atoms with Gasteiger partial charge < -0.3 is 5.11 Å². The van der Waals surface area contributed by atoms with Crippen LogP contribution in [0.15, 0.2) is 22.4 Å². The number of aliphatic carboxylic acids is 1. The highest BCUT2D eigenvalue weighted by atomic mass is 32.2. The van der Waals surface area contributed by atoms with E-state index in [9.17, 15) is 14.7 Å². The topological polar surface area (TPSA) is 57.6 Å². The zero-order chi connectivity index (χ0) is 14.7. The Morgan fingerprint density at radius 1 is 1.60 bits per heavy atom. The molecule has 0 spiro atoms. The van der Waals surface area contributed by atoms with Crippen LogP contribution in [0.1, 0.15) is 24.6 Å². The summed E-state index contributed by atoms with van der Waals surface area (Å²) in [6, 6.07) is 2.92. The Kier molecular flexibility index (Phi) is 4.95. The standard InChI is InChI=1S/C13H13NO3S3/c1-2-4-9(12(16)17)14-11(15)10(20-13(14)18)7-8-5-3-6-19-8/h3,5-7,9H,2,4H2,1H3,(H,16,17)/b10-7-/t9-/m1/s1. The Morgan fingerprint density at radius 2 is 2.35 bits per heavy atom. The number of carboxylic acids is 1. The fourth-order valence-electron chi connectivity index (χ4n) is 1.89. The number of thiocarbonyl (C=S) groups is 1. The van der Waals surface area contributed by atoms with Crippen LogP contribution in [0, 0.1) is 0 Å². The SMILES string of the molecule is CCC[C@H](C(=O)O)N1C(=O)/C(=C/c2cccs2)SC1=S. The average Bonchev–Trinajstić information content (AvgIpc) is 2.98. The lowest BCUT2D eigenvalue weighted by molar-refractivity contribution is -0.145. The molecule has 0 radical (unpaired) electrons. The minimum atomic E-state index is -1.01. The van der Waals surface area contributed by atoms with Crippen molar-refractivity contribution in [2.45, 2.75) is 25.8 Å². The number of hydrogen-bond donors (Lipinski definition) is 1. The highest BCUT2D eigenvalue weighted by Crippen LogP contribution is 2.35. The summed E-state index contributed by atoms with van der Waals surface area (Å²) in [4.78, 5) is 26.3. The lowest BCUT2D eigenvalue weighted by Gasteiger charge is -2.22. The van der Waals surface area contributed by atoms with Gasteiger partial charge in [0.15, 0.2) is 0 Å². The van der Waals surface area contributed by atoms with Gasteiger partial charge in [-0.3, -0.25) is 9.69 Å². The molecule has 0 bridgehead atoms. The molecule has 4 nitrogen and oxygen atoms in total. The number of thioether (sulfide) groups is 1. The van der Waals surface area contributed by atoms with Crippen molar-refractivity contribution in [3.63, 3.8) is 0 Å². The maximum absolute atomic E-state index is 12.4. The number of carbonyl (C=O) groups excluding carboxylic acids is 1. The number of carboxylic acid groups (broad SMARTS) is 1. The first kappa shape index (κ1) is 15.2. The Morgan fingerprint density at radius 3 is 2.90 bits per heavy atom. The summed E-state index contributed by atoms with van der Waals surface area (Å²) in [7, 11) is 0. The van der Waals surface area contributed by atoms with E-state index in [1.54, 1.807) is 6.08 Å². The number of amides is 1. The third-order valence-corrected chi connectivity index (χ3v) is 4.95. The lowest BCUT2D eigenvalue weighted by Crippen LogP contribution is -2.43. The summed E-state index contributed by atoms with van der Waals surface area (Å²) >= 11 is 7.85. The van der Waals surface area contributed by atoms with Crippen LogP contribution < -0.4 is 0 Å². The third-order valence-electron chi connectivity index (χ3n) is 2.80. The van der Waals surface area contributed by atoms with E-state index in [1.807, 2.05) is 24.4 Å². The van der Waals surface area contributed by atoms with Gasteiger partial charge in [-0.15, -0.1) is 11.3 Å². The van der Waals surface area contributed by atoms with E-state index in [4.69, 9.17) is 12.2 Å². The molecule has 1 amide bonds. The molecule has 2 rings (SSSR count). The van der Waals surface area contributed by atoms with Gasteiger partial charge in [0.2, 0.25) is 0 Å². The van der Waals surface area contributed by atoms with Crippen LogP contribution >= 0.6 is 35.3 Å². The second-order valence-electron chi connectivity index (χ2n) is 4.21. The highest BCUT2D eigenvalue weighted by Gasteiger charge is 2.39. The van der Waals surface area contributed by atoms with Crippen LogP contribution in [0.5, 0.6) is 0 Å². The van der Waals surface area contributed by atoms with Crippen LogP contribution in [-0.4, -0.2) is 32.2 Å². The fourth-order valence-corrected chi connectivity index (χ4v) is 3.97. The molecule has 0 unspecified atom stereocenters. The molecule has 1 aromatic rings. The Hall–Kier alpha value is -1.18. The minimum Gasteiger partial charge on any atom is -0.480 e. The highest BCUT2D eigenvalue weighted by molar-refractivity contribution is 8.26. The van der Waals surface area contributed by atoms with E-state index >= 15 is 0 Å². The molecule has 1 aliphatic heterocycles. The largest absolute Gasteiger partial charge is 0.480 e. The predicted octanol–water partition coefficient (Wildman–Crippen LogP) is 3.20. The summed E-state index contributed by atoms with van der Waals surface area (Å²) in [5.74, 6) is -1.32. The van der Waals surface area contributed by atoms with Crippen LogP contribution in [0.2, 0.25) is 0 Å². The first-order valence-electron chi connectivity index (χ1n) is 6.08. The van der Waals surface area contributed by atoms with Crippen molar-refractivity contribution >= 4 is 57.6 Å². The summed E-state index contributed by atoms with van der Waals surface area (Å²) in [6.07, 6.45) is 2.83. The smallest absolute Gasteiger partial charge is 0.326 e. The van der Waals surface area contributed by atoms with Gasteiger partial charge in [-0.2, -0.15) is 0 Å². The Bertz CT molecular complexity index is 565. The summed E-state index contributed by atoms with van der Waals surface area (Å²) in [5, 5.41) is 11.2. The van der Waals surface area contributed by atoms with E-state index in [1.165, 1.54) is 16.2 Å². The normalized spacial score (nSPS) is 18.9. The maximum atomic E-state index is 12.4. The van der Waals surface area contributed by atoms with E-state index < -0.39 is 12.0 Å². The molecule has 1 fully saturated rings. The molecule has 1 aromatic heterocycles. The van der Waals surface area contributed by atoms with Gasteiger partial charge >= 0.3 is 5.97 Å². The number of thiophene rings is 1. The first-order valence-corrected chi connectivity index (χ1v) is 8.18. The number of rotatable bonds is 5. The number of carbonyl (C=O) groups is 2. The van der Waals surface area contributed by atoms with Crippen molar-refractivity contribution in [2.75, 3.05) is 0 Å². The molecule has 20 heavy (non-hydrogen) atoms. The van der Waals surface area contributed by atoms with E-state index in [2.05, 4.69) is 0 Å². The quantitative estimate of drug-likeness (QED) is 0.665. The number of nitrogens with zero attached hydrogens (tertiary/aromatic N) is 1. The fraction of sp³-hybridized carbons (Fsp3) is 0.308. The van der Waals surface area contributed by atoms with E-state index in [0.29, 0.717) is 22.1 Å². The van der Waals surface area contributed by atoms with E-state index in [-0.39, 0.29) is 5.91 Å². The molecule has 1 saturated heterocycles. The van der Waals surface area contributed by atoms with Gasteiger partial charge in [0.1, 0.15) is 10.4 Å². The summed E-state index contributed by atoms with van der Waals surface area (Å²) < 4.78 is 0.318. The van der Waals surface area contributed by atoms with Gasteiger partial charge in [0, 0.05) is 4.88 Å². The van der Waals surface area contributed by atoms with Crippen molar-refractivity contribution in [1.29, 1.82) is 0 Å². The molecule has 106 valence electrons. The first-order chi connectivity index (χ1) is 9.54. The molecule has 1 aliphatic rings. The molecule has 2 heterocycles. The summed E-state index contributed by atoms with van der Waals surface area (Å²) in [6.45, 7) is 1.88. The molecule has 0 aromatic carbocycles. The summed E-state index contributed by atoms with van der Waals surface area (Å²) in [5.41, 5.74) is 0. The van der Waals surface area contributed by atoms with Gasteiger partial charge in [-0.25, -0.2) is 4.79 Å². The zero-order valence-corrected chi connectivity index (χ0v) is 13.2. The molecule has 1 atom stereocenters. The van der Waals surface area contributed by atoms with Crippen molar-refractivity contribution in [3.05, 3.63) is 27.3 Å². The Labute approximate surface area is 130 Å². The van der Waals surface area contributed by atoms with Gasteiger partial charge in [-0.1, -0.05) is 43.4 Å². The Balaban J connectivity index is 2.26. The van der Waals surface area contributed by atoms with E-state index in [0.717, 1.165) is 16.6 Å². The molecule has 7 heteroatoms. The average molecular weight is 327 g/mol. The van der Waals surface area contributed by atoms with Crippen LogP contribution in [0.4, 0.5) is 0 Å². The van der Waals surface area contributed by atoms with Gasteiger partial charge in [0.25, 0.3) is 5.91 Å². The second-order valence-corrected chi connectivity index (χ2v) is 6.86. The molecule has 1 N–H and O–H groups in total. The van der Waals surface area contributed by atoms with Crippen molar-refractivity contribution in [2.24, 2.45) is 0 Å².